The number of imidazole rings is 1. The van der Waals surface area contributed by atoms with Crippen molar-refractivity contribution >= 4 is 32.0 Å². The lowest BCUT2D eigenvalue weighted by atomic mass is 10.1. The summed E-state index contributed by atoms with van der Waals surface area (Å²) in [5.41, 5.74) is 1.19. The van der Waals surface area contributed by atoms with Gasteiger partial charge in [-0.3, -0.25) is 4.57 Å². The second-order valence-electron chi connectivity index (χ2n) is 6.53. The van der Waals surface area contributed by atoms with Gasteiger partial charge in [0, 0.05) is 10.9 Å². The summed E-state index contributed by atoms with van der Waals surface area (Å²) in [5, 5.41) is 5.66. The smallest absolute Gasteiger partial charge is 0.326 e. The highest BCUT2D eigenvalue weighted by molar-refractivity contribution is 7.89. The quantitative estimate of drug-likeness (QED) is 0.520. The van der Waals surface area contributed by atoms with Gasteiger partial charge in [-0.2, -0.15) is 0 Å². The Balaban J connectivity index is 1.70. The van der Waals surface area contributed by atoms with Gasteiger partial charge in [0.15, 0.2) is 11.5 Å². The zero-order valence-electron chi connectivity index (χ0n) is 14.7. The number of nitrogens with two attached hydrogens (primary N) is 1. The third-order valence-corrected chi connectivity index (χ3v) is 5.70. The van der Waals surface area contributed by atoms with Crippen molar-refractivity contribution in [2.24, 2.45) is 5.14 Å². The number of rotatable bonds is 3. The lowest BCUT2D eigenvalue weighted by Crippen LogP contribution is -2.18. The maximum atomic E-state index is 14.5. The van der Waals surface area contributed by atoms with E-state index in [-0.39, 0.29) is 23.8 Å². The molecule has 0 saturated heterocycles. The second kappa shape index (κ2) is 6.03. The van der Waals surface area contributed by atoms with Gasteiger partial charge in [0.05, 0.1) is 28.7 Å². The third-order valence-electron chi connectivity index (χ3n) is 4.78. The maximum Gasteiger partial charge on any atom is 0.326 e. The topological polar surface area (TPSA) is 129 Å². The van der Waals surface area contributed by atoms with E-state index in [2.05, 4.69) is 9.97 Å². The van der Waals surface area contributed by atoms with E-state index in [1.807, 2.05) is 0 Å². The highest BCUT2D eigenvalue weighted by Crippen LogP contribution is 2.39. The molecule has 11 heteroatoms. The number of hydrogen-bond acceptors (Lipinski definition) is 6. The lowest BCUT2D eigenvalue weighted by molar-refractivity contribution is 0.174. The van der Waals surface area contributed by atoms with Crippen molar-refractivity contribution in [3.8, 4) is 11.5 Å². The molecule has 1 aliphatic heterocycles. The van der Waals surface area contributed by atoms with Crippen molar-refractivity contribution in [2.75, 3.05) is 6.79 Å². The van der Waals surface area contributed by atoms with Crippen molar-refractivity contribution in [1.82, 2.24) is 14.5 Å². The molecule has 1 aliphatic rings. The number of halogens is 1. The average Bonchev–Trinajstić information content (AvgIpc) is 3.26. The Kier molecular flexibility index (Phi) is 3.67. The summed E-state index contributed by atoms with van der Waals surface area (Å²) in [5.74, 6) is 0.250. The van der Waals surface area contributed by atoms with Gasteiger partial charge in [-0.25, -0.2) is 27.7 Å². The summed E-state index contributed by atoms with van der Waals surface area (Å²) in [6.45, 7) is -0.0428. The van der Waals surface area contributed by atoms with Crippen molar-refractivity contribution in [3.63, 3.8) is 0 Å². The first kappa shape index (κ1) is 17.6. The molecule has 2 aromatic carbocycles. The van der Waals surface area contributed by atoms with Crippen LogP contribution in [0.4, 0.5) is 4.39 Å². The average molecular weight is 416 g/mol. The Bertz CT molecular complexity index is 1480. The molecule has 4 aromatic rings. The Hall–Kier alpha value is -3.44. The van der Waals surface area contributed by atoms with Crippen LogP contribution >= 0.6 is 0 Å². The highest BCUT2D eigenvalue weighted by atomic mass is 32.2. The Morgan fingerprint density at radius 1 is 1.24 bits per heavy atom. The minimum Gasteiger partial charge on any atom is -0.454 e. The number of benzene rings is 2. The zero-order chi connectivity index (χ0) is 20.3. The summed E-state index contributed by atoms with van der Waals surface area (Å²) < 4.78 is 49.5. The van der Waals surface area contributed by atoms with Crippen LogP contribution in [0.25, 0.3) is 21.9 Å². The van der Waals surface area contributed by atoms with Crippen molar-refractivity contribution in [3.05, 3.63) is 58.4 Å². The molecule has 5 rings (SSSR count). The van der Waals surface area contributed by atoms with Crippen LogP contribution in [0.15, 0.2) is 46.2 Å². The monoisotopic (exact) mass is 416 g/mol. The second-order valence-corrected chi connectivity index (χ2v) is 8.09. The predicted molar refractivity (Wildman–Crippen MR) is 101 cm³/mol. The summed E-state index contributed by atoms with van der Waals surface area (Å²) >= 11 is 0. The van der Waals surface area contributed by atoms with Crippen LogP contribution in [-0.4, -0.2) is 29.7 Å². The molecule has 9 nitrogen and oxygen atoms in total. The van der Waals surface area contributed by atoms with E-state index < -0.39 is 21.5 Å². The lowest BCUT2D eigenvalue weighted by Gasteiger charge is -2.09. The van der Waals surface area contributed by atoms with Crippen LogP contribution < -0.4 is 20.3 Å². The number of hydrogen-bond donors (Lipinski definition) is 2. The van der Waals surface area contributed by atoms with Gasteiger partial charge in [-0.05, 0) is 24.3 Å². The summed E-state index contributed by atoms with van der Waals surface area (Å²) in [7, 11) is -4.03. The van der Waals surface area contributed by atoms with Gasteiger partial charge >= 0.3 is 5.69 Å². The number of pyridine rings is 1. The SMILES string of the molecule is NS(=O)(=O)c1ccc(Cn2c(=O)[nH]c3cnc4c5c(ccc4c32)OCO5)c(F)c1. The fourth-order valence-corrected chi connectivity index (χ4v) is 3.96. The standard InChI is InChI=1S/C18H13FN4O5S/c19-12-5-10(29(20,25)26)2-1-9(12)7-23-16-11-3-4-14-17(28-8-27-14)15(11)21-6-13(16)22-18(23)24/h1-6H,7-8H2,(H,22,24)(H2,20,25,26). The van der Waals surface area contributed by atoms with Crippen LogP contribution in [0.3, 0.4) is 0 Å². The normalized spacial score (nSPS) is 13.4. The Morgan fingerprint density at radius 3 is 2.83 bits per heavy atom. The van der Waals surface area contributed by atoms with Crippen LogP contribution in [0.1, 0.15) is 5.56 Å². The first-order chi connectivity index (χ1) is 13.8. The first-order valence-electron chi connectivity index (χ1n) is 8.44. The molecule has 3 heterocycles. The molecule has 148 valence electrons. The number of aromatic nitrogens is 3. The number of nitrogens with one attached hydrogen (secondary N) is 1. The van der Waals surface area contributed by atoms with Gasteiger partial charge in [0.25, 0.3) is 0 Å². The number of nitrogens with zero attached hydrogens (tertiary/aromatic N) is 2. The summed E-state index contributed by atoms with van der Waals surface area (Å²) in [6, 6.07) is 6.80. The van der Waals surface area contributed by atoms with E-state index in [4.69, 9.17) is 14.6 Å². The van der Waals surface area contributed by atoms with Gasteiger partial charge < -0.3 is 14.5 Å². The molecular weight excluding hydrogens is 403 g/mol. The number of aromatic amines is 1. The molecular formula is C18H13FN4O5S. The number of sulfonamides is 1. The minimum absolute atomic E-state index is 0.0791. The van der Waals surface area contributed by atoms with E-state index in [0.29, 0.717) is 33.4 Å². The fourth-order valence-electron chi connectivity index (χ4n) is 3.43. The molecule has 0 amide bonds. The maximum absolute atomic E-state index is 14.5. The molecule has 29 heavy (non-hydrogen) atoms. The first-order valence-corrected chi connectivity index (χ1v) is 9.98. The zero-order valence-corrected chi connectivity index (χ0v) is 15.5. The number of primary sulfonamides is 1. The van der Waals surface area contributed by atoms with Crippen molar-refractivity contribution in [2.45, 2.75) is 11.4 Å². The van der Waals surface area contributed by atoms with Crippen LogP contribution in [0.2, 0.25) is 0 Å². The Labute approximate surface area is 162 Å². The molecule has 0 bridgehead atoms. The van der Waals surface area contributed by atoms with E-state index in [0.717, 1.165) is 6.07 Å². The highest BCUT2D eigenvalue weighted by Gasteiger charge is 2.21. The molecule has 0 unspecified atom stereocenters. The van der Waals surface area contributed by atoms with Crippen LogP contribution in [-0.2, 0) is 16.6 Å². The van der Waals surface area contributed by atoms with Crippen molar-refractivity contribution < 1.29 is 22.3 Å². The third kappa shape index (κ3) is 2.74. The summed E-state index contributed by atoms with van der Waals surface area (Å²) in [4.78, 5) is 19.3. The van der Waals surface area contributed by atoms with Crippen molar-refractivity contribution in [1.29, 1.82) is 0 Å². The molecule has 0 fully saturated rings. The molecule has 0 aliphatic carbocycles. The molecule has 0 radical (unpaired) electrons. The summed E-state index contributed by atoms with van der Waals surface area (Å²) in [6.07, 6.45) is 1.50. The van der Waals surface area contributed by atoms with Gasteiger partial charge in [0.1, 0.15) is 11.3 Å². The van der Waals surface area contributed by atoms with Crippen LogP contribution in [0.5, 0.6) is 11.5 Å². The van der Waals surface area contributed by atoms with Gasteiger partial charge in [-0.1, -0.05) is 6.07 Å². The van der Waals surface area contributed by atoms with Gasteiger partial charge in [0.2, 0.25) is 16.8 Å². The molecule has 0 saturated carbocycles. The van der Waals surface area contributed by atoms with E-state index >= 15 is 0 Å². The number of fused-ring (bicyclic) bond motifs is 5. The minimum atomic E-state index is -4.03. The van der Waals surface area contributed by atoms with E-state index in [1.165, 1.54) is 22.9 Å². The predicted octanol–water partition coefficient (Wildman–Crippen LogP) is 1.44. The van der Waals surface area contributed by atoms with Gasteiger partial charge in [-0.15, -0.1) is 0 Å². The van der Waals surface area contributed by atoms with Crippen LogP contribution in [0, 0.1) is 5.82 Å². The van der Waals surface area contributed by atoms with E-state index in [1.54, 1.807) is 12.1 Å². The number of H-pyrrole nitrogens is 1. The Morgan fingerprint density at radius 2 is 2.07 bits per heavy atom. The largest absolute Gasteiger partial charge is 0.454 e. The molecule has 0 spiro atoms. The molecule has 0 atom stereocenters. The molecule has 2 aromatic heterocycles. The number of ether oxygens (including phenoxy) is 2. The van der Waals surface area contributed by atoms with E-state index in [9.17, 15) is 17.6 Å². The molecule has 3 N–H and O–H groups in total. The fraction of sp³-hybridized carbons (Fsp3) is 0.111.